The van der Waals surface area contributed by atoms with Gasteiger partial charge in [-0.05, 0) is 56.5 Å². The van der Waals surface area contributed by atoms with E-state index < -0.39 is 10.0 Å². The number of hydrogen-bond acceptors (Lipinski definition) is 6. The number of ether oxygens (including phenoxy) is 2. The number of anilines is 1. The molecule has 0 saturated carbocycles. The minimum absolute atomic E-state index is 0.142. The summed E-state index contributed by atoms with van der Waals surface area (Å²) in [6.07, 6.45) is 1.82. The number of nitrogens with zero attached hydrogens (tertiary/aromatic N) is 1. The average Bonchev–Trinajstić information content (AvgIpc) is 2.78. The Labute approximate surface area is 190 Å². The first-order valence-electron chi connectivity index (χ1n) is 10.6. The molecule has 3 rings (SSSR count). The topological polar surface area (TPSA) is 97.0 Å². The van der Waals surface area contributed by atoms with Crippen molar-refractivity contribution in [2.45, 2.75) is 24.7 Å². The second-order valence-corrected chi connectivity index (χ2v) is 9.79. The van der Waals surface area contributed by atoms with Gasteiger partial charge in [-0.3, -0.25) is 9.69 Å². The molecule has 1 unspecified atom stereocenters. The van der Waals surface area contributed by atoms with E-state index in [1.165, 1.54) is 0 Å². The van der Waals surface area contributed by atoms with E-state index in [4.69, 9.17) is 9.47 Å². The van der Waals surface area contributed by atoms with E-state index in [1.807, 2.05) is 6.92 Å². The molecule has 1 amide bonds. The third-order valence-corrected chi connectivity index (χ3v) is 6.98. The summed E-state index contributed by atoms with van der Waals surface area (Å²) < 4.78 is 38.4. The second-order valence-electron chi connectivity index (χ2n) is 8.02. The zero-order valence-corrected chi connectivity index (χ0v) is 19.6. The summed E-state index contributed by atoms with van der Waals surface area (Å²) in [6.45, 7) is 3.93. The lowest BCUT2D eigenvalue weighted by Gasteiger charge is -2.32. The van der Waals surface area contributed by atoms with Crippen LogP contribution in [0, 0.1) is 12.8 Å². The van der Waals surface area contributed by atoms with Crippen LogP contribution >= 0.6 is 0 Å². The summed E-state index contributed by atoms with van der Waals surface area (Å²) in [5, 5.41) is 2.88. The molecule has 0 radical (unpaired) electrons. The molecular formula is C23H31N3O5S. The van der Waals surface area contributed by atoms with Crippen molar-refractivity contribution in [2.75, 3.05) is 45.7 Å². The lowest BCUT2D eigenvalue weighted by atomic mass is 9.98. The molecule has 1 saturated heterocycles. The van der Waals surface area contributed by atoms with E-state index in [2.05, 4.69) is 14.9 Å². The first-order chi connectivity index (χ1) is 15.3. The van der Waals surface area contributed by atoms with Crippen LogP contribution in [0.1, 0.15) is 18.4 Å². The lowest BCUT2D eigenvalue weighted by molar-refractivity contribution is -0.117. The van der Waals surface area contributed by atoms with Gasteiger partial charge in [0.05, 0.1) is 31.3 Å². The lowest BCUT2D eigenvalue weighted by Crippen LogP contribution is -2.43. The fourth-order valence-electron chi connectivity index (χ4n) is 3.79. The SMILES string of the molecule is COc1ccc(OC)c(NC(=O)CN2CCCC(CNS(=O)(=O)c3ccc(C)cc3)C2)c1. The number of hydrogen-bond donors (Lipinski definition) is 2. The second kappa shape index (κ2) is 10.8. The van der Waals surface area contributed by atoms with E-state index >= 15 is 0 Å². The fourth-order valence-corrected chi connectivity index (χ4v) is 4.91. The molecule has 2 aromatic rings. The van der Waals surface area contributed by atoms with Crippen molar-refractivity contribution in [3.63, 3.8) is 0 Å². The number of carbonyl (C=O) groups excluding carboxylic acids is 1. The molecule has 2 aromatic carbocycles. The Morgan fingerprint density at radius 3 is 2.56 bits per heavy atom. The maximum absolute atomic E-state index is 12.6. The summed E-state index contributed by atoms with van der Waals surface area (Å²) in [5.41, 5.74) is 1.56. The van der Waals surface area contributed by atoms with Crippen molar-refractivity contribution in [1.29, 1.82) is 0 Å². The third kappa shape index (κ3) is 6.44. The van der Waals surface area contributed by atoms with Gasteiger partial charge >= 0.3 is 0 Å². The van der Waals surface area contributed by atoms with Crippen molar-refractivity contribution in [3.8, 4) is 11.5 Å². The number of carbonyl (C=O) groups is 1. The Morgan fingerprint density at radius 2 is 1.88 bits per heavy atom. The van der Waals surface area contributed by atoms with E-state index in [0.717, 1.165) is 24.9 Å². The van der Waals surface area contributed by atoms with Crippen molar-refractivity contribution >= 4 is 21.6 Å². The maximum atomic E-state index is 12.6. The molecule has 8 nitrogen and oxygen atoms in total. The van der Waals surface area contributed by atoms with Gasteiger partial charge in [-0.1, -0.05) is 17.7 Å². The number of rotatable bonds is 9. The molecule has 0 aliphatic carbocycles. The normalized spacial score (nSPS) is 17.0. The molecule has 1 aliphatic heterocycles. The van der Waals surface area contributed by atoms with Gasteiger partial charge in [0.2, 0.25) is 15.9 Å². The first-order valence-corrected chi connectivity index (χ1v) is 12.1. The van der Waals surface area contributed by atoms with Crippen molar-refractivity contribution in [3.05, 3.63) is 48.0 Å². The number of aryl methyl sites for hydroxylation is 1. The van der Waals surface area contributed by atoms with Crippen LogP contribution in [0.2, 0.25) is 0 Å². The number of likely N-dealkylation sites (tertiary alicyclic amines) is 1. The van der Waals surface area contributed by atoms with E-state index in [-0.39, 0.29) is 23.3 Å². The predicted molar refractivity (Wildman–Crippen MR) is 124 cm³/mol. The smallest absolute Gasteiger partial charge is 0.240 e. The van der Waals surface area contributed by atoms with Crippen LogP contribution in [0.3, 0.4) is 0 Å². The van der Waals surface area contributed by atoms with Crippen LogP contribution in [-0.4, -0.2) is 59.6 Å². The molecule has 2 N–H and O–H groups in total. The van der Waals surface area contributed by atoms with Crippen LogP contribution in [0.25, 0.3) is 0 Å². The van der Waals surface area contributed by atoms with Crippen LogP contribution in [0.5, 0.6) is 11.5 Å². The van der Waals surface area contributed by atoms with E-state index in [0.29, 0.717) is 30.3 Å². The average molecular weight is 462 g/mol. The van der Waals surface area contributed by atoms with Gasteiger partial charge in [0.25, 0.3) is 0 Å². The minimum Gasteiger partial charge on any atom is -0.497 e. The Morgan fingerprint density at radius 1 is 1.12 bits per heavy atom. The number of sulfonamides is 1. The highest BCUT2D eigenvalue weighted by Crippen LogP contribution is 2.29. The largest absolute Gasteiger partial charge is 0.497 e. The van der Waals surface area contributed by atoms with Gasteiger partial charge in [-0.2, -0.15) is 0 Å². The van der Waals surface area contributed by atoms with Gasteiger partial charge in [0.15, 0.2) is 0 Å². The number of methoxy groups -OCH3 is 2. The molecule has 1 heterocycles. The van der Waals surface area contributed by atoms with Crippen LogP contribution in [0.4, 0.5) is 5.69 Å². The third-order valence-electron chi connectivity index (χ3n) is 5.54. The molecule has 9 heteroatoms. The van der Waals surface area contributed by atoms with Crippen LogP contribution in [-0.2, 0) is 14.8 Å². The molecular weight excluding hydrogens is 430 g/mol. The summed E-state index contributed by atoms with van der Waals surface area (Å²) in [6, 6.07) is 12.0. The highest BCUT2D eigenvalue weighted by molar-refractivity contribution is 7.89. The molecule has 1 atom stereocenters. The quantitative estimate of drug-likeness (QED) is 0.596. The summed E-state index contributed by atoms with van der Waals surface area (Å²) >= 11 is 0. The Balaban J connectivity index is 1.53. The van der Waals surface area contributed by atoms with E-state index in [1.54, 1.807) is 56.7 Å². The number of benzene rings is 2. The predicted octanol–water partition coefficient (Wildman–Crippen LogP) is 2.64. The van der Waals surface area contributed by atoms with Gasteiger partial charge < -0.3 is 14.8 Å². The molecule has 0 spiro atoms. The monoisotopic (exact) mass is 461 g/mol. The van der Waals surface area contributed by atoms with Crippen molar-refractivity contribution in [2.24, 2.45) is 5.92 Å². The zero-order chi connectivity index (χ0) is 23.1. The minimum atomic E-state index is -3.55. The summed E-state index contributed by atoms with van der Waals surface area (Å²) in [7, 11) is -0.436. The Hall–Kier alpha value is -2.62. The summed E-state index contributed by atoms with van der Waals surface area (Å²) in [4.78, 5) is 14.9. The highest BCUT2D eigenvalue weighted by Gasteiger charge is 2.24. The zero-order valence-electron chi connectivity index (χ0n) is 18.8. The Kier molecular flexibility index (Phi) is 8.11. The maximum Gasteiger partial charge on any atom is 0.240 e. The summed E-state index contributed by atoms with van der Waals surface area (Å²) in [5.74, 6) is 1.17. The number of amides is 1. The first kappa shape index (κ1) is 24.0. The van der Waals surface area contributed by atoms with Gasteiger partial charge in [0, 0.05) is 19.2 Å². The number of piperidine rings is 1. The molecule has 1 aliphatic rings. The Bertz CT molecular complexity index is 1020. The van der Waals surface area contributed by atoms with E-state index in [9.17, 15) is 13.2 Å². The van der Waals surface area contributed by atoms with Crippen molar-refractivity contribution < 1.29 is 22.7 Å². The molecule has 0 aromatic heterocycles. The molecule has 174 valence electrons. The van der Waals surface area contributed by atoms with Gasteiger partial charge in [-0.15, -0.1) is 0 Å². The number of nitrogens with one attached hydrogen (secondary N) is 2. The highest BCUT2D eigenvalue weighted by atomic mass is 32.2. The molecule has 0 bridgehead atoms. The standard InChI is InChI=1S/C23H31N3O5S/c1-17-6-9-20(10-7-17)32(28,29)24-14-18-5-4-12-26(15-18)16-23(27)25-21-13-19(30-2)8-11-22(21)31-3/h6-11,13,18,24H,4-5,12,14-16H2,1-3H3,(H,25,27). The molecule has 1 fully saturated rings. The van der Waals surface area contributed by atoms with Crippen LogP contribution in [0.15, 0.2) is 47.4 Å². The van der Waals surface area contributed by atoms with Crippen molar-refractivity contribution in [1.82, 2.24) is 9.62 Å². The van der Waals surface area contributed by atoms with Gasteiger partial charge in [-0.25, -0.2) is 13.1 Å². The fraction of sp³-hybridized carbons (Fsp3) is 0.435. The van der Waals surface area contributed by atoms with Crippen LogP contribution < -0.4 is 19.5 Å². The van der Waals surface area contributed by atoms with Gasteiger partial charge in [0.1, 0.15) is 11.5 Å². The molecule has 32 heavy (non-hydrogen) atoms.